The molecule has 0 aromatic heterocycles. The van der Waals surface area contributed by atoms with Gasteiger partial charge in [0.15, 0.2) is 0 Å². The zero-order chi connectivity index (χ0) is 14.0. The van der Waals surface area contributed by atoms with Crippen LogP contribution in [0.15, 0.2) is 18.2 Å². The summed E-state index contributed by atoms with van der Waals surface area (Å²) in [6, 6.07) is 3.95. The lowest BCUT2D eigenvalue weighted by Crippen LogP contribution is -2.33. The van der Waals surface area contributed by atoms with Crippen LogP contribution in [0.4, 0.5) is 10.1 Å². The van der Waals surface area contributed by atoms with Crippen molar-refractivity contribution in [1.29, 1.82) is 0 Å². The van der Waals surface area contributed by atoms with Crippen molar-refractivity contribution < 1.29 is 9.18 Å². The van der Waals surface area contributed by atoms with Gasteiger partial charge in [-0.3, -0.25) is 4.79 Å². The van der Waals surface area contributed by atoms with Gasteiger partial charge in [-0.05, 0) is 42.9 Å². The quantitative estimate of drug-likeness (QED) is 0.792. The number of hydrogen-bond acceptors (Lipinski definition) is 2. The number of likely N-dealkylation sites (tertiary alicyclic amines) is 1. The van der Waals surface area contributed by atoms with E-state index >= 15 is 0 Å². The van der Waals surface area contributed by atoms with Gasteiger partial charge in [0.2, 0.25) is 0 Å². The lowest BCUT2D eigenvalue weighted by atomic mass is 9.85. The molecule has 3 nitrogen and oxygen atoms in total. The highest BCUT2D eigenvalue weighted by Gasteiger charge is 2.26. The predicted molar refractivity (Wildman–Crippen MR) is 74.3 cm³/mol. The molecule has 0 spiro atoms. The largest absolute Gasteiger partial charge is 0.398 e. The molecule has 2 N–H and O–H groups in total. The van der Waals surface area contributed by atoms with Gasteiger partial charge in [-0.15, -0.1) is 0 Å². The van der Waals surface area contributed by atoms with Crippen LogP contribution in [0, 0.1) is 11.2 Å². The molecule has 1 aromatic carbocycles. The third-order valence-electron chi connectivity index (χ3n) is 3.87. The summed E-state index contributed by atoms with van der Waals surface area (Å²) in [5, 5.41) is 0. The number of halogens is 1. The summed E-state index contributed by atoms with van der Waals surface area (Å²) in [6.07, 6.45) is 3.05. The maximum atomic E-state index is 13.3. The molecule has 1 aliphatic heterocycles. The Bertz CT molecular complexity index is 485. The Morgan fingerprint density at radius 1 is 1.32 bits per heavy atom. The molecule has 19 heavy (non-hydrogen) atoms. The molecule has 1 aromatic rings. The van der Waals surface area contributed by atoms with Gasteiger partial charge in [0.25, 0.3) is 5.91 Å². The fraction of sp³-hybridized carbons (Fsp3) is 0.533. The van der Waals surface area contributed by atoms with Crippen molar-refractivity contribution in [1.82, 2.24) is 4.90 Å². The van der Waals surface area contributed by atoms with E-state index in [0.29, 0.717) is 12.2 Å². The molecule has 1 saturated heterocycles. The average Bonchev–Trinajstić information content (AvgIpc) is 2.52. The van der Waals surface area contributed by atoms with Gasteiger partial charge in [-0.2, -0.15) is 0 Å². The Kier molecular flexibility index (Phi) is 3.78. The topological polar surface area (TPSA) is 46.3 Å². The fourth-order valence-electron chi connectivity index (χ4n) is 2.51. The number of carbonyl (C=O) groups is 1. The first-order valence-electron chi connectivity index (χ1n) is 6.73. The normalized spacial score (nSPS) is 19.0. The Morgan fingerprint density at radius 2 is 2.05 bits per heavy atom. The monoisotopic (exact) mass is 264 g/mol. The molecule has 4 heteroatoms. The SMILES string of the molecule is CC1(C)CCCN(C(=O)c2cc(F)ccc2N)CC1. The molecule has 1 aliphatic rings. The minimum Gasteiger partial charge on any atom is -0.398 e. The van der Waals surface area contributed by atoms with Crippen molar-refractivity contribution in [3.63, 3.8) is 0 Å². The number of nitrogens with zero attached hydrogens (tertiary/aromatic N) is 1. The molecule has 0 aliphatic carbocycles. The maximum absolute atomic E-state index is 13.3. The van der Waals surface area contributed by atoms with Crippen molar-refractivity contribution in [2.24, 2.45) is 5.41 Å². The van der Waals surface area contributed by atoms with E-state index in [0.717, 1.165) is 25.8 Å². The predicted octanol–water partition coefficient (Wildman–Crippen LogP) is 3.06. The zero-order valence-electron chi connectivity index (χ0n) is 11.6. The lowest BCUT2D eigenvalue weighted by Gasteiger charge is -2.23. The highest BCUT2D eigenvalue weighted by atomic mass is 19.1. The molecule has 104 valence electrons. The standard InChI is InChI=1S/C15H21FN2O/c1-15(2)6-3-8-18(9-7-15)14(19)12-10-11(16)4-5-13(12)17/h4-5,10H,3,6-9,17H2,1-2H3. The first kappa shape index (κ1) is 13.8. The maximum Gasteiger partial charge on any atom is 0.256 e. The second-order valence-electron chi connectivity index (χ2n) is 6.04. The zero-order valence-corrected chi connectivity index (χ0v) is 11.6. The van der Waals surface area contributed by atoms with Gasteiger partial charge in [-0.1, -0.05) is 13.8 Å². The van der Waals surface area contributed by atoms with Crippen LogP contribution in [-0.2, 0) is 0 Å². The summed E-state index contributed by atoms with van der Waals surface area (Å²) in [6.45, 7) is 5.87. The molecule has 1 amide bonds. The third-order valence-corrected chi connectivity index (χ3v) is 3.87. The Labute approximate surface area is 113 Å². The van der Waals surface area contributed by atoms with E-state index in [1.807, 2.05) is 0 Å². The first-order chi connectivity index (χ1) is 8.89. The number of rotatable bonds is 1. The second-order valence-corrected chi connectivity index (χ2v) is 6.04. The van der Waals surface area contributed by atoms with E-state index in [1.54, 1.807) is 4.90 Å². The fourth-order valence-corrected chi connectivity index (χ4v) is 2.51. The van der Waals surface area contributed by atoms with E-state index in [9.17, 15) is 9.18 Å². The van der Waals surface area contributed by atoms with Crippen LogP contribution in [0.25, 0.3) is 0 Å². The number of nitrogens with two attached hydrogens (primary N) is 1. The van der Waals surface area contributed by atoms with Crippen LogP contribution in [0.3, 0.4) is 0 Å². The van der Waals surface area contributed by atoms with E-state index in [-0.39, 0.29) is 16.9 Å². The Hall–Kier alpha value is -1.58. The van der Waals surface area contributed by atoms with Crippen LogP contribution < -0.4 is 5.73 Å². The Balaban J connectivity index is 2.17. The molecule has 1 heterocycles. The summed E-state index contributed by atoms with van der Waals surface area (Å²) in [7, 11) is 0. The van der Waals surface area contributed by atoms with Crippen molar-refractivity contribution in [2.75, 3.05) is 18.8 Å². The van der Waals surface area contributed by atoms with Crippen LogP contribution in [0.2, 0.25) is 0 Å². The molecule has 0 unspecified atom stereocenters. The molecular weight excluding hydrogens is 243 g/mol. The molecule has 2 rings (SSSR count). The molecular formula is C15H21FN2O. The number of amides is 1. The summed E-state index contributed by atoms with van der Waals surface area (Å²) in [5.41, 5.74) is 6.66. The van der Waals surface area contributed by atoms with E-state index < -0.39 is 5.82 Å². The van der Waals surface area contributed by atoms with Crippen LogP contribution in [-0.4, -0.2) is 23.9 Å². The number of benzene rings is 1. The van der Waals surface area contributed by atoms with Crippen molar-refractivity contribution in [3.05, 3.63) is 29.6 Å². The highest BCUT2D eigenvalue weighted by molar-refractivity contribution is 5.99. The van der Waals surface area contributed by atoms with Crippen molar-refractivity contribution >= 4 is 11.6 Å². The van der Waals surface area contributed by atoms with Gasteiger partial charge in [-0.25, -0.2) is 4.39 Å². The van der Waals surface area contributed by atoms with Gasteiger partial charge in [0.05, 0.1) is 5.56 Å². The van der Waals surface area contributed by atoms with Gasteiger partial charge < -0.3 is 10.6 Å². The molecule has 1 fully saturated rings. The van der Waals surface area contributed by atoms with E-state index in [1.165, 1.54) is 18.2 Å². The summed E-state index contributed by atoms with van der Waals surface area (Å²) in [4.78, 5) is 14.2. The first-order valence-corrected chi connectivity index (χ1v) is 6.73. The molecule has 0 radical (unpaired) electrons. The van der Waals surface area contributed by atoms with E-state index in [4.69, 9.17) is 5.73 Å². The highest BCUT2D eigenvalue weighted by Crippen LogP contribution is 2.30. The van der Waals surface area contributed by atoms with Crippen LogP contribution in [0.5, 0.6) is 0 Å². The van der Waals surface area contributed by atoms with Crippen molar-refractivity contribution in [3.8, 4) is 0 Å². The summed E-state index contributed by atoms with van der Waals surface area (Å²) < 4.78 is 13.3. The number of anilines is 1. The second kappa shape index (κ2) is 5.19. The summed E-state index contributed by atoms with van der Waals surface area (Å²) in [5.74, 6) is -0.581. The summed E-state index contributed by atoms with van der Waals surface area (Å²) >= 11 is 0. The smallest absolute Gasteiger partial charge is 0.256 e. The van der Waals surface area contributed by atoms with Gasteiger partial charge in [0, 0.05) is 18.8 Å². The molecule has 0 saturated carbocycles. The average molecular weight is 264 g/mol. The number of hydrogen-bond donors (Lipinski definition) is 1. The van der Waals surface area contributed by atoms with Crippen molar-refractivity contribution in [2.45, 2.75) is 33.1 Å². The van der Waals surface area contributed by atoms with Crippen LogP contribution >= 0.6 is 0 Å². The Morgan fingerprint density at radius 3 is 2.79 bits per heavy atom. The number of nitrogen functional groups attached to an aromatic ring is 1. The van der Waals surface area contributed by atoms with Gasteiger partial charge >= 0.3 is 0 Å². The number of carbonyl (C=O) groups excluding carboxylic acids is 1. The van der Waals surface area contributed by atoms with Crippen LogP contribution in [0.1, 0.15) is 43.5 Å². The molecule has 0 bridgehead atoms. The van der Waals surface area contributed by atoms with Gasteiger partial charge in [0.1, 0.15) is 5.82 Å². The minimum absolute atomic E-state index is 0.158. The third kappa shape index (κ3) is 3.25. The lowest BCUT2D eigenvalue weighted by molar-refractivity contribution is 0.0758. The molecule has 0 atom stereocenters. The minimum atomic E-state index is -0.423. The van der Waals surface area contributed by atoms with E-state index in [2.05, 4.69) is 13.8 Å².